The predicted octanol–water partition coefficient (Wildman–Crippen LogP) is 0.399. The van der Waals surface area contributed by atoms with Crippen molar-refractivity contribution >= 4 is 35.5 Å². The van der Waals surface area contributed by atoms with E-state index >= 15 is 0 Å². The van der Waals surface area contributed by atoms with Crippen molar-refractivity contribution in [3.05, 3.63) is 59.7 Å². The van der Waals surface area contributed by atoms with Gasteiger partial charge in [0.2, 0.25) is 11.8 Å². The van der Waals surface area contributed by atoms with Crippen molar-refractivity contribution in [2.24, 2.45) is 0 Å². The molecule has 0 bridgehead atoms. The lowest BCUT2D eigenvalue weighted by atomic mass is 9.95. The molecule has 2 aromatic rings. The number of nitrogens with zero attached hydrogens (tertiary/aromatic N) is 1. The number of nitrogens with one attached hydrogen (secondary N) is 3. The van der Waals surface area contributed by atoms with E-state index in [1.165, 1.54) is 28.8 Å². The number of carboxylic acid groups (broad SMARTS) is 1. The number of aliphatic carboxylic acids is 1. The zero-order valence-electron chi connectivity index (χ0n) is 21.6. The van der Waals surface area contributed by atoms with Crippen LogP contribution < -0.4 is 16.0 Å². The molecule has 3 amide bonds. The van der Waals surface area contributed by atoms with E-state index in [0.29, 0.717) is 0 Å². The molecule has 0 aromatic heterocycles. The summed E-state index contributed by atoms with van der Waals surface area (Å²) in [5.41, 5.74) is 0.785. The van der Waals surface area contributed by atoms with Crippen LogP contribution in [0.4, 0.5) is 0 Å². The lowest BCUT2D eigenvalue weighted by molar-refractivity contribution is -0.161. The standard InChI is InChI=1S/C17H21N3O4S.C9H11NO4/c1-17(2)12(16(23)24)20-14(22)11(15(20)25-17)19-13(21)10(18-3)9-7-5-4-6-8-9;11-4-3-10-9(14)7-5-6(12)1-2-8(7)13/h4-8,10-12,15,18H,1-3H3,(H,19,21)(H,23,24);1-2,5,11-13H,3-4H2,(H,10,14). The number of aliphatic hydroxyl groups is 1. The number of amides is 3. The number of aliphatic hydroxyl groups excluding tert-OH is 1. The summed E-state index contributed by atoms with van der Waals surface area (Å²) in [5.74, 6) is -2.51. The van der Waals surface area contributed by atoms with Gasteiger partial charge in [-0.25, -0.2) is 4.79 Å². The number of β-lactam (4-membered cyclic amide) rings is 1. The van der Waals surface area contributed by atoms with Gasteiger partial charge in [-0.3, -0.25) is 14.4 Å². The van der Waals surface area contributed by atoms with Crippen LogP contribution >= 0.6 is 11.8 Å². The fourth-order valence-corrected chi connectivity index (χ4v) is 6.07. The average Bonchev–Trinajstić information content (AvgIpc) is 3.16. The lowest BCUT2D eigenvalue weighted by Crippen LogP contribution is -2.71. The summed E-state index contributed by atoms with van der Waals surface area (Å²) in [4.78, 5) is 49.2. The SMILES string of the molecule is CNC(C(=O)NC1C(=O)N2C1SC(C)(C)C2C(=O)O)c1ccccc1.O=C(NCCO)c1cc(O)ccc1O. The molecule has 0 saturated carbocycles. The molecule has 7 N–H and O–H groups in total. The second-order valence-corrected chi connectivity index (χ2v) is 11.2. The van der Waals surface area contributed by atoms with Gasteiger partial charge in [-0.15, -0.1) is 11.8 Å². The fourth-order valence-electron chi connectivity index (χ4n) is 4.45. The van der Waals surface area contributed by atoms with Gasteiger partial charge in [0, 0.05) is 11.3 Å². The average molecular weight is 561 g/mol. The van der Waals surface area contributed by atoms with Crippen molar-refractivity contribution < 1.29 is 39.6 Å². The molecule has 0 radical (unpaired) electrons. The molecule has 4 unspecified atom stereocenters. The Hall–Kier alpha value is -3.81. The van der Waals surface area contributed by atoms with Gasteiger partial charge in [-0.1, -0.05) is 30.3 Å². The van der Waals surface area contributed by atoms with Gasteiger partial charge in [-0.05, 0) is 44.7 Å². The van der Waals surface area contributed by atoms with Gasteiger partial charge in [0.25, 0.3) is 5.91 Å². The van der Waals surface area contributed by atoms with E-state index in [0.717, 1.165) is 11.6 Å². The summed E-state index contributed by atoms with van der Waals surface area (Å²) in [6.45, 7) is 3.54. The molecule has 12 nitrogen and oxygen atoms in total. The number of thioether (sulfide) groups is 1. The Morgan fingerprint density at radius 3 is 2.36 bits per heavy atom. The molecular formula is C26H32N4O8S. The van der Waals surface area contributed by atoms with Crippen LogP contribution in [0.3, 0.4) is 0 Å². The molecule has 2 heterocycles. The third-order valence-electron chi connectivity index (χ3n) is 6.28. The molecule has 2 aliphatic heterocycles. The van der Waals surface area contributed by atoms with Crippen molar-refractivity contribution in [3.8, 4) is 11.5 Å². The number of carboxylic acids is 1. The van der Waals surface area contributed by atoms with E-state index in [1.54, 1.807) is 20.9 Å². The Kier molecular flexibility index (Phi) is 9.43. The van der Waals surface area contributed by atoms with E-state index < -0.39 is 34.7 Å². The van der Waals surface area contributed by atoms with Crippen LogP contribution in [0.5, 0.6) is 11.5 Å². The topological polar surface area (TPSA) is 189 Å². The van der Waals surface area contributed by atoms with Gasteiger partial charge in [0.15, 0.2) is 0 Å². The smallest absolute Gasteiger partial charge is 0.327 e. The van der Waals surface area contributed by atoms with E-state index in [-0.39, 0.29) is 47.4 Å². The fraction of sp³-hybridized carbons (Fsp3) is 0.385. The monoisotopic (exact) mass is 560 g/mol. The van der Waals surface area contributed by atoms with Gasteiger partial charge >= 0.3 is 5.97 Å². The second-order valence-electron chi connectivity index (χ2n) is 9.40. The molecular weight excluding hydrogens is 528 g/mol. The van der Waals surface area contributed by atoms with Crippen LogP contribution in [-0.4, -0.2) is 91.4 Å². The number of fused-ring (bicyclic) bond motifs is 1. The van der Waals surface area contributed by atoms with Crippen molar-refractivity contribution in [2.45, 2.75) is 42.1 Å². The number of aromatic hydroxyl groups is 2. The van der Waals surface area contributed by atoms with Gasteiger partial charge < -0.3 is 41.3 Å². The molecule has 2 aromatic carbocycles. The Morgan fingerprint density at radius 2 is 1.77 bits per heavy atom. The summed E-state index contributed by atoms with van der Waals surface area (Å²) in [6.07, 6.45) is 0. The number of benzene rings is 2. The molecule has 210 valence electrons. The summed E-state index contributed by atoms with van der Waals surface area (Å²) >= 11 is 1.41. The first-order valence-electron chi connectivity index (χ1n) is 12.1. The first kappa shape index (κ1) is 29.7. The number of rotatable bonds is 8. The summed E-state index contributed by atoms with van der Waals surface area (Å²) < 4.78 is -0.604. The number of phenols is 2. The molecule has 0 spiro atoms. The van der Waals surface area contributed by atoms with Crippen molar-refractivity contribution in [2.75, 3.05) is 20.2 Å². The number of carbonyl (C=O) groups is 4. The minimum Gasteiger partial charge on any atom is -0.508 e. The van der Waals surface area contributed by atoms with E-state index in [2.05, 4.69) is 16.0 Å². The first-order valence-corrected chi connectivity index (χ1v) is 13.0. The quantitative estimate of drug-likeness (QED) is 0.176. The van der Waals surface area contributed by atoms with Crippen LogP contribution in [0.15, 0.2) is 48.5 Å². The van der Waals surface area contributed by atoms with Crippen LogP contribution in [0.1, 0.15) is 35.8 Å². The van der Waals surface area contributed by atoms with Gasteiger partial charge in [-0.2, -0.15) is 0 Å². The van der Waals surface area contributed by atoms with Crippen LogP contribution in [-0.2, 0) is 14.4 Å². The summed E-state index contributed by atoms with van der Waals surface area (Å²) in [5, 5.41) is 44.0. The maximum absolute atomic E-state index is 12.6. The Balaban J connectivity index is 0.000000255. The summed E-state index contributed by atoms with van der Waals surface area (Å²) in [6, 6.07) is 10.7. The minimum absolute atomic E-state index is 0.0153. The molecule has 0 aliphatic carbocycles. The molecule has 2 saturated heterocycles. The lowest BCUT2D eigenvalue weighted by Gasteiger charge is -2.44. The van der Waals surface area contributed by atoms with Crippen LogP contribution in [0.25, 0.3) is 0 Å². The summed E-state index contributed by atoms with van der Waals surface area (Å²) in [7, 11) is 1.68. The zero-order chi connectivity index (χ0) is 28.9. The zero-order valence-corrected chi connectivity index (χ0v) is 22.4. The number of likely N-dealkylation sites (N-methyl/N-ethyl adjacent to an activating group) is 1. The number of phenolic OH excluding ortho intramolecular Hbond substituents is 2. The van der Waals surface area contributed by atoms with Gasteiger partial charge in [0.05, 0.1) is 12.2 Å². The molecule has 2 aliphatic rings. The predicted molar refractivity (Wildman–Crippen MR) is 143 cm³/mol. The maximum Gasteiger partial charge on any atom is 0.327 e. The highest BCUT2D eigenvalue weighted by Crippen LogP contribution is 2.50. The second kappa shape index (κ2) is 12.4. The third kappa shape index (κ3) is 6.44. The normalized spacial score (nSPS) is 21.5. The van der Waals surface area contributed by atoms with E-state index in [9.17, 15) is 29.4 Å². The van der Waals surface area contributed by atoms with Crippen molar-refractivity contribution in [1.29, 1.82) is 0 Å². The molecule has 4 atom stereocenters. The first-order chi connectivity index (χ1) is 18.4. The maximum atomic E-state index is 12.6. The van der Waals surface area contributed by atoms with Gasteiger partial charge in [0.1, 0.15) is 35.0 Å². The number of hydrogen-bond acceptors (Lipinski definition) is 9. The Labute approximate surface area is 229 Å². The highest BCUT2D eigenvalue weighted by Gasteiger charge is 2.64. The highest BCUT2D eigenvalue weighted by molar-refractivity contribution is 8.01. The largest absolute Gasteiger partial charge is 0.508 e. The Morgan fingerprint density at radius 1 is 1.10 bits per heavy atom. The third-order valence-corrected chi connectivity index (χ3v) is 7.85. The molecule has 4 rings (SSSR count). The van der Waals surface area contributed by atoms with Crippen LogP contribution in [0.2, 0.25) is 0 Å². The molecule has 2 fully saturated rings. The van der Waals surface area contributed by atoms with Crippen molar-refractivity contribution in [3.63, 3.8) is 0 Å². The number of hydrogen-bond donors (Lipinski definition) is 7. The van der Waals surface area contributed by atoms with E-state index in [1.807, 2.05) is 30.3 Å². The molecule has 13 heteroatoms. The van der Waals surface area contributed by atoms with Crippen LogP contribution in [0, 0.1) is 0 Å². The van der Waals surface area contributed by atoms with Crippen molar-refractivity contribution in [1.82, 2.24) is 20.9 Å². The van der Waals surface area contributed by atoms with E-state index in [4.69, 9.17) is 10.2 Å². The minimum atomic E-state index is -1.02. The molecule has 39 heavy (non-hydrogen) atoms. The highest BCUT2D eigenvalue weighted by atomic mass is 32.2. The number of carbonyl (C=O) groups excluding carboxylic acids is 3. The Bertz CT molecular complexity index is 1230.